The minimum absolute atomic E-state index is 0.00661. The van der Waals surface area contributed by atoms with Gasteiger partial charge in [0, 0.05) is 29.1 Å². The van der Waals surface area contributed by atoms with Gasteiger partial charge in [0.25, 0.3) is 0 Å². The lowest BCUT2D eigenvalue weighted by atomic mass is 9.98. The Morgan fingerprint density at radius 1 is 0.972 bits per heavy atom. The van der Waals surface area contributed by atoms with Crippen LogP contribution in [0.3, 0.4) is 0 Å². The molecule has 1 aromatic heterocycles. The van der Waals surface area contributed by atoms with Crippen molar-refractivity contribution in [1.29, 1.82) is 0 Å². The van der Waals surface area contributed by atoms with Gasteiger partial charge in [-0.25, -0.2) is 9.78 Å². The van der Waals surface area contributed by atoms with Crippen LogP contribution in [0.5, 0.6) is 5.75 Å². The number of fused-ring (bicyclic) bond motifs is 3. The van der Waals surface area contributed by atoms with E-state index in [-0.39, 0.29) is 25.7 Å². The van der Waals surface area contributed by atoms with Crippen LogP contribution in [0.15, 0.2) is 95.0 Å². The molecule has 1 aliphatic rings. The predicted molar refractivity (Wildman–Crippen MR) is 139 cm³/mol. The van der Waals surface area contributed by atoms with Gasteiger partial charge in [0.1, 0.15) is 17.4 Å². The average Bonchev–Trinajstić information content (AvgIpc) is 3.25. The van der Waals surface area contributed by atoms with E-state index in [2.05, 4.69) is 34.6 Å². The number of aromatic nitrogens is 1. The van der Waals surface area contributed by atoms with Gasteiger partial charge in [-0.2, -0.15) is 0 Å². The molecule has 4 aromatic rings. The first-order chi connectivity index (χ1) is 17.7. The third-order valence-corrected chi connectivity index (χ3v) is 7.44. The molecule has 0 spiro atoms. The molecule has 0 unspecified atom stereocenters. The Morgan fingerprint density at radius 3 is 2.39 bits per heavy atom. The summed E-state index contributed by atoms with van der Waals surface area (Å²) in [5.74, 6) is 0.694. The maximum atomic E-state index is 12.7. The molecule has 5 rings (SSSR count). The highest BCUT2D eigenvalue weighted by atomic mass is 32.2. The number of benzene rings is 3. The van der Waals surface area contributed by atoms with Crippen molar-refractivity contribution in [3.05, 3.63) is 107 Å². The van der Waals surface area contributed by atoms with Crippen molar-refractivity contribution in [3.63, 3.8) is 0 Å². The van der Waals surface area contributed by atoms with Crippen LogP contribution in [0.1, 0.15) is 28.2 Å². The molecule has 182 valence electrons. The zero-order valence-electron chi connectivity index (χ0n) is 19.8. The van der Waals surface area contributed by atoms with Gasteiger partial charge in [0.05, 0.1) is 13.7 Å². The van der Waals surface area contributed by atoms with E-state index in [9.17, 15) is 9.90 Å². The molecule has 0 aliphatic heterocycles. The van der Waals surface area contributed by atoms with E-state index in [1.807, 2.05) is 48.5 Å². The summed E-state index contributed by atoms with van der Waals surface area (Å²) in [6, 6.07) is 25.8. The van der Waals surface area contributed by atoms with E-state index < -0.39 is 6.09 Å². The third kappa shape index (κ3) is 4.94. The quantitative estimate of drug-likeness (QED) is 0.321. The summed E-state index contributed by atoms with van der Waals surface area (Å²) in [5, 5.41) is 13.2. The smallest absolute Gasteiger partial charge is 0.407 e. The number of rotatable bonds is 8. The Balaban J connectivity index is 1.27. The number of pyridine rings is 1. The van der Waals surface area contributed by atoms with Crippen LogP contribution >= 0.6 is 11.8 Å². The summed E-state index contributed by atoms with van der Waals surface area (Å²) in [6.07, 6.45) is 1.21. The minimum Gasteiger partial charge on any atom is -0.497 e. The van der Waals surface area contributed by atoms with E-state index in [0.717, 1.165) is 16.0 Å². The van der Waals surface area contributed by atoms with Crippen LogP contribution in [0.25, 0.3) is 11.1 Å². The van der Waals surface area contributed by atoms with Crippen molar-refractivity contribution >= 4 is 17.9 Å². The van der Waals surface area contributed by atoms with Crippen LogP contribution in [0.4, 0.5) is 4.79 Å². The zero-order chi connectivity index (χ0) is 24.9. The summed E-state index contributed by atoms with van der Waals surface area (Å²) in [5.41, 5.74) is 6.34. The number of aliphatic hydroxyl groups excluding tert-OH is 1. The van der Waals surface area contributed by atoms with Gasteiger partial charge in [0.15, 0.2) is 0 Å². The SMILES string of the molecule is COc1ccc(Sc2ncccc2CO)c(CNC(=O)OCC2c3ccccc3-c3ccccc32)c1. The Bertz CT molecular complexity index is 1350. The number of carbonyl (C=O) groups excluding carboxylic acids is 1. The number of hydrogen-bond donors (Lipinski definition) is 2. The molecule has 1 aliphatic carbocycles. The molecule has 36 heavy (non-hydrogen) atoms. The molecular weight excluding hydrogens is 472 g/mol. The first kappa shape index (κ1) is 23.9. The van der Waals surface area contributed by atoms with E-state index >= 15 is 0 Å². The van der Waals surface area contributed by atoms with Gasteiger partial charge in [0.2, 0.25) is 0 Å². The fourth-order valence-corrected chi connectivity index (χ4v) is 5.46. The molecule has 7 heteroatoms. The first-order valence-electron chi connectivity index (χ1n) is 11.7. The van der Waals surface area contributed by atoms with Gasteiger partial charge in [-0.05, 0) is 52.1 Å². The number of carbonyl (C=O) groups is 1. The lowest BCUT2D eigenvalue weighted by Gasteiger charge is -2.16. The van der Waals surface area contributed by atoms with Crippen molar-refractivity contribution in [2.45, 2.75) is 29.0 Å². The van der Waals surface area contributed by atoms with Crippen molar-refractivity contribution in [3.8, 4) is 16.9 Å². The van der Waals surface area contributed by atoms with Crippen molar-refractivity contribution in [2.24, 2.45) is 0 Å². The zero-order valence-corrected chi connectivity index (χ0v) is 20.6. The van der Waals surface area contributed by atoms with Crippen molar-refractivity contribution in [2.75, 3.05) is 13.7 Å². The molecule has 0 bridgehead atoms. The maximum Gasteiger partial charge on any atom is 0.407 e. The lowest BCUT2D eigenvalue weighted by Crippen LogP contribution is -2.26. The normalized spacial score (nSPS) is 12.1. The minimum atomic E-state index is -0.482. The monoisotopic (exact) mass is 498 g/mol. The van der Waals surface area contributed by atoms with Gasteiger partial charge < -0.3 is 19.9 Å². The van der Waals surface area contributed by atoms with Gasteiger partial charge in [-0.3, -0.25) is 0 Å². The van der Waals surface area contributed by atoms with Crippen LogP contribution in [-0.4, -0.2) is 29.9 Å². The highest BCUT2D eigenvalue weighted by Crippen LogP contribution is 2.44. The summed E-state index contributed by atoms with van der Waals surface area (Å²) in [4.78, 5) is 18.0. The number of methoxy groups -OCH3 is 1. The lowest BCUT2D eigenvalue weighted by molar-refractivity contribution is 0.142. The molecular formula is C29H26N2O4S. The predicted octanol–water partition coefficient (Wildman–Crippen LogP) is 5.77. The molecule has 0 saturated heterocycles. The van der Waals surface area contributed by atoms with Crippen LogP contribution in [0, 0.1) is 0 Å². The molecule has 1 amide bonds. The van der Waals surface area contributed by atoms with E-state index in [1.54, 1.807) is 19.4 Å². The first-order valence-corrected chi connectivity index (χ1v) is 12.5. The molecule has 0 radical (unpaired) electrons. The Morgan fingerprint density at radius 2 is 1.69 bits per heavy atom. The number of hydrogen-bond acceptors (Lipinski definition) is 6. The summed E-state index contributed by atoms with van der Waals surface area (Å²) in [7, 11) is 1.60. The molecule has 6 nitrogen and oxygen atoms in total. The number of ether oxygens (including phenoxy) is 2. The fourth-order valence-electron chi connectivity index (χ4n) is 4.48. The molecule has 2 N–H and O–H groups in total. The Hall–Kier alpha value is -3.81. The van der Waals surface area contributed by atoms with Crippen LogP contribution in [-0.2, 0) is 17.9 Å². The molecule has 0 fully saturated rings. The van der Waals surface area contributed by atoms with Crippen molar-refractivity contribution in [1.82, 2.24) is 10.3 Å². The van der Waals surface area contributed by atoms with Gasteiger partial charge >= 0.3 is 6.09 Å². The third-order valence-electron chi connectivity index (χ3n) is 6.26. The number of alkyl carbamates (subject to hydrolysis) is 1. The molecule has 3 aromatic carbocycles. The molecule has 0 atom stereocenters. The summed E-state index contributed by atoms with van der Waals surface area (Å²) in [6.45, 7) is 0.421. The summed E-state index contributed by atoms with van der Waals surface area (Å²) >= 11 is 1.44. The van der Waals surface area contributed by atoms with Crippen molar-refractivity contribution < 1.29 is 19.4 Å². The standard InChI is InChI=1S/C29H26N2O4S/c1-34-21-12-13-27(36-28-19(17-32)7-6-14-30-28)20(15-21)16-31-29(33)35-18-26-24-10-4-2-8-22(24)23-9-3-5-11-25(23)26/h2-15,26,32H,16-18H2,1H3,(H,31,33). The van der Waals surface area contributed by atoms with Crippen LogP contribution < -0.4 is 10.1 Å². The summed E-state index contributed by atoms with van der Waals surface area (Å²) < 4.78 is 11.1. The van der Waals surface area contributed by atoms with E-state index in [4.69, 9.17) is 9.47 Å². The highest BCUT2D eigenvalue weighted by Gasteiger charge is 2.29. The van der Waals surface area contributed by atoms with Gasteiger partial charge in [-0.1, -0.05) is 66.4 Å². The Kier molecular flexibility index (Phi) is 7.21. The maximum absolute atomic E-state index is 12.7. The fraction of sp³-hybridized carbons (Fsp3) is 0.172. The number of aliphatic hydroxyl groups is 1. The second kappa shape index (κ2) is 10.8. The number of nitrogens with zero attached hydrogens (tertiary/aromatic N) is 1. The second-order valence-electron chi connectivity index (χ2n) is 8.38. The topological polar surface area (TPSA) is 80.7 Å². The Labute approximate surface area is 214 Å². The van der Waals surface area contributed by atoms with E-state index in [0.29, 0.717) is 10.8 Å². The number of nitrogens with one attached hydrogen (secondary N) is 1. The largest absolute Gasteiger partial charge is 0.497 e. The number of amides is 1. The highest BCUT2D eigenvalue weighted by molar-refractivity contribution is 7.99. The molecule has 0 saturated carbocycles. The average molecular weight is 499 g/mol. The van der Waals surface area contributed by atoms with Crippen LogP contribution in [0.2, 0.25) is 0 Å². The van der Waals surface area contributed by atoms with Gasteiger partial charge in [-0.15, -0.1) is 0 Å². The molecule has 1 heterocycles. The second-order valence-corrected chi connectivity index (χ2v) is 9.41. The van der Waals surface area contributed by atoms with E-state index in [1.165, 1.54) is 34.0 Å².